The average Bonchev–Trinajstić information content (AvgIpc) is 2.93. The second-order valence-corrected chi connectivity index (χ2v) is 9.39. The summed E-state index contributed by atoms with van der Waals surface area (Å²) < 4.78 is 7.40. The third-order valence-electron chi connectivity index (χ3n) is 6.25. The highest BCUT2D eigenvalue weighted by molar-refractivity contribution is 9.10. The van der Waals surface area contributed by atoms with Gasteiger partial charge < -0.3 is 4.74 Å². The number of carbonyl (C=O) groups excluding carboxylic acids is 2. The van der Waals surface area contributed by atoms with Gasteiger partial charge in [0.25, 0.3) is 11.5 Å². The third kappa shape index (κ3) is 5.50. The predicted molar refractivity (Wildman–Crippen MR) is 149 cm³/mol. The number of hydrazine groups is 1. The van der Waals surface area contributed by atoms with Crippen molar-refractivity contribution >= 4 is 38.6 Å². The summed E-state index contributed by atoms with van der Waals surface area (Å²) >= 11 is 3.50. The molecule has 0 bridgehead atoms. The number of esters is 1. The van der Waals surface area contributed by atoms with E-state index in [1.165, 1.54) is 11.7 Å². The van der Waals surface area contributed by atoms with E-state index in [4.69, 9.17) is 4.74 Å². The molecule has 0 aliphatic carbocycles. The number of nitrogens with zero attached hydrogens (tertiary/aromatic N) is 2. The fourth-order valence-corrected chi connectivity index (χ4v) is 4.67. The van der Waals surface area contributed by atoms with Gasteiger partial charge in [-0.15, -0.1) is 0 Å². The molecule has 1 N–H and O–H groups in total. The molecule has 0 fully saturated rings. The van der Waals surface area contributed by atoms with Crippen LogP contribution in [0.4, 0.5) is 0 Å². The lowest BCUT2D eigenvalue weighted by Crippen LogP contribution is -2.41. The van der Waals surface area contributed by atoms with E-state index in [0.29, 0.717) is 35.0 Å². The molecule has 0 spiro atoms. The number of fused-ring (bicyclic) bond motifs is 1. The number of rotatable bonds is 8. The standard InChI is InChI=1S/C29H28BrN3O4/c1-4-32(5-2)31-27(34)21-13-11-19(12-14-21)18-33-26(29(36)37-3)25(20-9-7-6-8-10-20)24-17-22(30)15-16-23(24)28(33)35/h6-17H,4-5,18H2,1-3H3,(H,31,34). The van der Waals surface area contributed by atoms with Crippen LogP contribution in [0, 0.1) is 0 Å². The number of nitrogens with one attached hydrogen (secondary N) is 1. The molecule has 0 unspecified atom stereocenters. The smallest absolute Gasteiger partial charge is 0.355 e. The lowest BCUT2D eigenvalue weighted by Gasteiger charge is -2.20. The summed E-state index contributed by atoms with van der Waals surface area (Å²) in [4.78, 5) is 39.4. The molecule has 0 radical (unpaired) electrons. The summed E-state index contributed by atoms with van der Waals surface area (Å²) in [6.07, 6.45) is 0. The van der Waals surface area contributed by atoms with E-state index in [1.807, 2.05) is 61.3 Å². The Bertz CT molecular complexity index is 1490. The van der Waals surface area contributed by atoms with Gasteiger partial charge in [0.2, 0.25) is 0 Å². The first-order valence-electron chi connectivity index (χ1n) is 12.0. The molecule has 1 aromatic heterocycles. The molecule has 4 aromatic rings. The van der Waals surface area contributed by atoms with Gasteiger partial charge in [0.15, 0.2) is 0 Å². The number of carbonyl (C=O) groups is 2. The molecule has 0 aliphatic rings. The van der Waals surface area contributed by atoms with Crippen LogP contribution in [-0.4, -0.2) is 41.7 Å². The van der Waals surface area contributed by atoms with Crippen LogP contribution in [0.5, 0.6) is 0 Å². The van der Waals surface area contributed by atoms with Crippen molar-refractivity contribution in [2.75, 3.05) is 20.2 Å². The molecule has 0 atom stereocenters. The van der Waals surface area contributed by atoms with Crippen LogP contribution in [0.2, 0.25) is 0 Å². The normalized spacial score (nSPS) is 11.1. The zero-order valence-electron chi connectivity index (χ0n) is 21.0. The van der Waals surface area contributed by atoms with Crippen LogP contribution >= 0.6 is 15.9 Å². The SMILES string of the molecule is CCN(CC)NC(=O)c1ccc(Cn2c(C(=O)OC)c(-c3ccccc3)c3cc(Br)ccc3c2=O)cc1. The summed E-state index contributed by atoms with van der Waals surface area (Å²) in [7, 11) is 1.31. The fraction of sp³-hybridized carbons (Fsp3) is 0.207. The van der Waals surface area contributed by atoms with Crippen LogP contribution in [0.15, 0.2) is 82.1 Å². The monoisotopic (exact) mass is 561 g/mol. The van der Waals surface area contributed by atoms with Crippen LogP contribution in [-0.2, 0) is 11.3 Å². The van der Waals surface area contributed by atoms with E-state index in [1.54, 1.807) is 30.3 Å². The Balaban J connectivity index is 1.85. The maximum Gasteiger partial charge on any atom is 0.355 e. The van der Waals surface area contributed by atoms with Crippen molar-refractivity contribution in [1.82, 2.24) is 15.0 Å². The minimum atomic E-state index is -0.604. The van der Waals surface area contributed by atoms with Gasteiger partial charge in [-0.3, -0.25) is 19.6 Å². The number of hydrogen-bond donors (Lipinski definition) is 1. The highest BCUT2D eigenvalue weighted by atomic mass is 79.9. The zero-order valence-corrected chi connectivity index (χ0v) is 22.5. The van der Waals surface area contributed by atoms with Crippen LogP contribution < -0.4 is 11.0 Å². The third-order valence-corrected chi connectivity index (χ3v) is 6.75. The van der Waals surface area contributed by atoms with Crippen molar-refractivity contribution in [3.8, 4) is 11.1 Å². The van der Waals surface area contributed by atoms with Gasteiger partial charge in [0.05, 0.1) is 13.7 Å². The Labute approximate surface area is 223 Å². The van der Waals surface area contributed by atoms with Crippen LogP contribution in [0.1, 0.15) is 40.3 Å². The summed E-state index contributed by atoms with van der Waals surface area (Å²) in [6, 6.07) is 21.9. The van der Waals surface area contributed by atoms with Gasteiger partial charge in [0, 0.05) is 34.1 Å². The molecule has 8 heteroatoms. The van der Waals surface area contributed by atoms with E-state index in [9.17, 15) is 14.4 Å². The van der Waals surface area contributed by atoms with Crippen molar-refractivity contribution in [3.05, 3.63) is 104 Å². The van der Waals surface area contributed by atoms with Gasteiger partial charge in [-0.25, -0.2) is 9.80 Å². The molecule has 1 amide bonds. The average molecular weight is 562 g/mol. The number of halogens is 1. The molecule has 7 nitrogen and oxygen atoms in total. The van der Waals surface area contributed by atoms with Crippen molar-refractivity contribution < 1.29 is 14.3 Å². The molecule has 1 heterocycles. The Morgan fingerprint density at radius 2 is 1.62 bits per heavy atom. The first kappa shape index (κ1) is 26.3. The Morgan fingerprint density at radius 3 is 2.24 bits per heavy atom. The van der Waals surface area contributed by atoms with Gasteiger partial charge in [-0.05, 0) is 46.8 Å². The summed E-state index contributed by atoms with van der Waals surface area (Å²) in [5.74, 6) is -0.807. The fourth-order valence-electron chi connectivity index (χ4n) is 4.31. The minimum absolute atomic E-state index is 0.132. The highest BCUT2D eigenvalue weighted by Gasteiger charge is 2.24. The first-order valence-corrected chi connectivity index (χ1v) is 12.8. The number of aromatic nitrogens is 1. The second kappa shape index (κ2) is 11.5. The van der Waals surface area contributed by atoms with E-state index in [-0.39, 0.29) is 23.7 Å². The minimum Gasteiger partial charge on any atom is -0.464 e. The quantitative estimate of drug-likeness (QED) is 0.234. The lowest BCUT2D eigenvalue weighted by molar-refractivity contribution is 0.0588. The molecule has 4 rings (SSSR count). The Morgan fingerprint density at radius 1 is 0.946 bits per heavy atom. The molecule has 190 valence electrons. The first-order chi connectivity index (χ1) is 17.9. The molecule has 0 aliphatic heterocycles. The van der Waals surface area contributed by atoms with Gasteiger partial charge in [-0.1, -0.05) is 72.2 Å². The largest absolute Gasteiger partial charge is 0.464 e. The van der Waals surface area contributed by atoms with Crippen molar-refractivity contribution in [2.45, 2.75) is 20.4 Å². The summed E-state index contributed by atoms with van der Waals surface area (Å²) in [5, 5.41) is 2.97. The van der Waals surface area contributed by atoms with Crippen LogP contribution in [0.3, 0.4) is 0 Å². The number of ether oxygens (including phenoxy) is 1. The zero-order chi connectivity index (χ0) is 26.5. The molecule has 0 saturated carbocycles. The maximum atomic E-state index is 13.7. The maximum absolute atomic E-state index is 13.7. The summed E-state index contributed by atoms with van der Waals surface area (Å²) in [5.41, 5.74) is 5.43. The Hall–Kier alpha value is -3.75. The van der Waals surface area contributed by atoms with Crippen molar-refractivity contribution in [2.24, 2.45) is 0 Å². The number of hydrogen-bond acceptors (Lipinski definition) is 5. The summed E-state index contributed by atoms with van der Waals surface area (Å²) in [6.45, 7) is 5.46. The number of amides is 1. The highest BCUT2D eigenvalue weighted by Crippen LogP contribution is 2.33. The van der Waals surface area contributed by atoms with Crippen molar-refractivity contribution in [1.29, 1.82) is 0 Å². The number of pyridine rings is 1. The molecular weight excluding hydrogens is 534 g/mol. The van der Waals surface area contributed by atoms with E-state index < -0.39 is 5.97 Å². The van der Waals surface area contributed by atoms with E-state index >= 15 is 0 Å². The molecule has 0 saturated heterocycles. The van der Waals surface area contributed by atoms with Crippen molar-refractivity contribution in [3.63, 3.8) is 0 Å². The van der Waals surface area contributed by atoms with Gasteiger partial charge in [0.1, 0.15) is 5.69 Å². The van der Waals surface area contributed by atoms with Gasteiger partial charge >= 0.3 is 5.97 Å². The van der Waals surface area contributed by atoms with Crippen LogP contribution in [0.25, 0.3) is 21.9 Å². The van der Waals surface area contributed by atoms with E-state index in [2.05, 4.69) is 21.4 Å². The lowest BCUT2D eigenvalue weighted by atomic mass is 9.96. The predicted octanol–water partition coefficient (Wildman–Crippen LogP) is 5.25. The van der Waals surface area contributed by atoms with Gasteiger partial charge in [-0.2, -0.15) is 0 Å². The molecule has 3 aromatic carbocycles. The van der Waals surface area contributed by atoms with E-state index in [0.717, 1.165) is 15.6 Å². The Kier molecular flexibility index (Phi) is 8.21. The molecule has 37 heavy (non-hydrogen) atoms. The number of methoxy groups -OCH3 is 1. The molecular formula is C29H28BrN3O4. The number of benzene rings is 3. The topological polar surface area (TPSA) is 80.6 Å². The second-order valence-electron chi connectivity index (χ2n) is 8.47.